The van der Waals surface area contributed by atoms with Crippen LogP contribution in [0.3, 0.4) is 0 Å². The van der Waals surface area contributed by atoms with Crippen molar-refractivity contribution in [3.63, 3.8) is 0 Å². The number of hydrogen-bond acceptors (Lipinski definition) is 8. The van der Waals surface area contributed by atoms with Crippen molar-refractivity contribution in [2.75, 3.05) is 0 Å². The first-order valence-electron chi connectivity index (χ1n) is 2.61. The Morgan fingerprint density at radius 2 is 0.917 bits per heavy atom. The van der Waals surface area contributed by atoms with Crippen molar-refractivity contribution in [3.05, 3.63) is 0 Å². The summed E-state index contributed by atoms with van der Waals surface area (Å²) >= 11 is -9.74. The fourth-order valence-corrected chi connectivity index (χ4v) is 4.46. The molecular formula is C2H2O8Se2. The van der Waals surface area contributed by atoms with Gasteiger partial charge in [0.25, 0.3) is 0 Å². The molecule has 0 N–H and O–H groups in total. The Bertz CT molecular complexity index is 325. The number of hydrogen-bond donors (Lipinski definition) is 0. The summed E-state index contributed by atoms with van der Waals surface area (Å²) in [5, 5.41) is 0. The molecule has 0 radical (unpaired) electrons. The van der Waals surface area contributed by atoms with Gasteiger partial charge in [-0.15, -0.1) is 0 Å². The van der Waals surface area contributed by atoms with Crippen molar-refractivity contribution in [2.24, 2.45) is 0 Å². The van der Waals surface area contributed by atoms with Gasteiger partial charge in [-0.3, -0.25) is 0 Å². The summed E-state index contributed by atoms with van der Waals surface area (Å²) in [6.07, 6.45) is -2.98. The van der Waals surface area contributed by atoms with Crippen LogP contribution < -0.4 is 0 Å². The third-order valence-corrected chi connectivity index (χ3v) is 4.64. The summed E-state index contributed by atoms with van der Waals surface area (Å²) in [6, 6.07) is 0. The Hall–Kier alpha value is 0.0790. The first kappa shape index (κ1) is 8.67. The van der Waals surface area contributed by atoms with Crippen LogP contribution >= 0.6 is 0 Å². The second kappa shape index (κ2) is 2.31. The maximum atomic E-state index is 10.5. The molecule has 0 aromatic heterocycles. The van der Waals surface area contributed by atoms with E-state index in [9.17, 15) is 15.3 Å². The van der Waals surface area contributed by atoms with Crippen molar-refractivity contribution in [1.82, 2.24) is 0 Å². The summed E-state index contributed by atoms with van der Waals surface area (Å²) in [5.41, 5.74) is 0. The molecule has 0 bridgehead atoms. The van der Waals surface area contributed by atoms with Gasteiger partial charge in [0.15, 0.2) is 0 Å². The molecular weight excluding hydrogens is 310 g/mol. The second-order valence-corrected chi connectivity index (χ2v) is 6.98. The van der Waals surface area contributed by atoms with Crippen molar-refractivity contribution in [1.29, 1.82) is 0 Å². The van der Waals surface area contributed by atoms with E-state index in [4.69, 9.17) is 0 Å². The molecule has 2 heterocycles. The molecule has 2 fully saturated rings. The van der Waals surface area contributed by atoms with E-state index in [-0.39, 0.29) is 0 Å². The SMILES string of the molecule is O=[Se]1(=O)OC2O[Se](=O)(=O)OC2O1. The molecule has 70 valence electrons. The molecule has 2 aliphatic rings. The maximum absolute atomic E-state index is 10.5. The van der Waals surface area contributed by atoms with Crippen LogP contribution in [0.1, 0.15) is 0 Å². The molecule has 2 aliphatic heterocycles. The Balaban J connectivity index is 2.28. The van der Waals surface area contributed by atoms with Crippen molar-refractivity contribution in [2.45, 2.75) is 12.6 Å². The van der Waals surface area contributed by atoms with E-state index in [1.165, 1.54) is 0 Å². The quantitative estimate of drug-likeness (QED) is 0.489. The Kier molecular flexibility index (Phi) is 1.67. The van der Waals surface area contributed by atoms with Gasteiger partial charge in [0.2, 0.25) is 0 Å². The number of fused-ring (bicyclic) bond motifs is 1. The van der Waals surface area contributed by atoms with Crippen LogP contribution in [0.15, 0.2) is 0 Å². The van der Waals surface area contributed by atoms with Gasteiger partial charge in [0.1, 0.15) is 0 Å². The molecule has 0 aliphatic carbocycles. The summed E-state index contributed by atoms with van der Waals surface area (Å²) in [7, 11) is 0. The molecule has 0 unspecified atom stereocenters. The predicted molar refractivity (Wildman–Crippen MR) is 26.2 cm³/mol. The van der Waals surface area contributed by atoms with Crippen molar-refractivity contribution < 1.29 is 30.6 Å². The third kappa shape index (κ3) is 1.43. The minimum atomic E-state index is -4.87. The second-order valence-electron chi connectivity index (χ2n) is 1.94. The molecule has 0 amide bonds. The molecule has 0 aromatic carbocycles. The van der Waals surface area contributed by atoms with Gasteiger partial charge in [-0.05, 0) is 0 Å². The molecule has 2 saturated heterocycles. The van der Waals surface area contributed by atoms with Crippen LogP contribution in [0.4, 0.5) is 0 Å². The zero-order valence-corrected chi connectivity index (χ0v) is 8.66. The van der Waals surface area contributed by atoms with Gasteiger partial charge >= 0.3 is 69.9 Å². The van der Waals surface area contributed by atoms with Crippen LogP contribution in [0.5, 0.6) is 0 Å². The van der Waals surface area contributed by atoms with Gasteiger partial charge in [-0.25, -0.2) is 0 Å². The standard InChI is InChI=1S/C2H2O8Se2/c3-11(4)7-1-2(9-11)10-12(5,6)8-1/h1-2H. The first-order valence-corrected chi connectivity index (χ1v) is 8.20. The van der Waals surface area contributed by atoms with Crippen LogP contribution in [0, 0.1) is 0 Å². The average Bonchev–Trinajstić information content (AvgIpc) is 2.12. The molecule has 0 atom stereocenters. The fraction of sp³-hybridized carbons (Fsp3) is 1.00. The van der Waals surface area contributed by atoms with Gasteiger partial charge in [-0.1, -0.05) is 0 Å². The van der Waals surface area contributed by atoms with E-state index in [0.717, 1.165) is 0 Å². The molecule has 0 aromatic rings. The molecule has 2 rings (SSSR count). The predicted octanol–water partition coefficient (Wildman–Crippen LogP) is -1.67. The van der Waals surface area contributed by atoms with E-state index in [1.807, 2.05) is 0 Å². The summed E-state index contributed by atoms with van der Waals surface area (Å²) in [4.78, 5) is 0. The normalized spacial score (nSPS) is 42.7. The van der Waals surface area contributed by atoms with E-state index in [1.54, 1.807) is 0 Å². The zero-order valence-electron chi connectivity index (χ0n) is 5.24. The van der Waals surface area contributed by atoms with Gasteiger partial charge in [0, 0.05) is 0 Å². The van der Waals surface area contributed by atoms with E-state index < -0.39 is 39.3 Å². The van der Waals surface area contributed by atoms with Crippen LogP contribution in [0.2, 0.25) is 0 Å². The van der Waals surface area contributed by atoms with Gasteiger partial charge in [-0.2, -0.15) is 0 Å². The summed E-state index contributed by atoms with van der Waals surface area (Å²) < 4.78 is 58.6. The summed E-state index contributed by atoms with van der Waals surface area (Å²) in [6.45, 7) is 0. The Labute approximate surface area is 70.3 Å². The fourth-order valence-electron chi connectivity index (χ4n) is 0.723. The van der Waals surface area contributed by atoms with Crippen molar-refractivity contribution >= 4 is 26.7 Å². The number of rotatable bonds is 0. The molecule has 8 nitrogen and oxygen atoms in total. The van der Waals surface area contributed by atoms with Gasteiger partial charge in [0.05, 0.1) is 0 Å². The summed E-state index contributed by atoms with van der Waals surface area (Å²) in [5.74, 6) is 0. The van der Waals surface area contributed by atoms with Gasteiger partial charge < -0.3 is 0 Å². The van der Waals surface area contributed by atoms with E-state index >= 15 is 0 Å². The monoisotopic (exact) mass is 314 g/mol. The van der Waals surface area contributed by atoms with Crippen LogP contribution in [-0.4, -0.2) is 39.3 Å². The molecule has 12 heavy (non-hydrogen) atoms. The molecule has 0 saturated carbocycles. The van der Waals surface area contributed by atoms with E-state index in [0.29, 0.717) is 0 Å². The Morgan fingerprint density at radius 3 is 1.17 bits per heavy atom. The molecule has 10 heteroatoms. The third-order valence-electron chi connectivity index (χ3n) is 1.07. The van der Waals surface area contributed by atoms with E-state index in [2.05, 4.69) is 15.3 Å². The van der Waals surface area contributed by atoms with Crippen LogP contribution in [-0.2, 0) is 30.6 Å². The average molecular weight is 312 g/mol. The zero-order chi connectivity index (χ0) is 8.98. The minimum absolute atomic E-state index is 1.49. The first-order chi connectivity index (χ1) is 5.38. The topological polar surface area (TPSA) is 105 Å². The Morgan fingerprint density at radius 1 is 0.667 bits per heavy atom. The van der Waals surface area contributed by atoms with Crippen molar-refractivity contribution in [3.8, 4) is 0 Å². The van der Waals surface area contributed by atoms with Crippen LogP contribution in [0.25, 0.3) is 0 Å². The molecule has 0 spiro atoms.